The van der Waals surface area contributed by atoms with Gasteiger partial charge in [-0.05, 0) is 43.7 Å². The molecule has 0 aliphatic rings. The monoisotopic (exact) mass is 284 g/mol. The Balaban J connectivity index is 3.89. The maximum atomic E-state index is 5.56. The molecule has 2 nitrogen and oxygen atoms in total. The summed E-state index contributed by atoms with van der Waals surface area (Å²) >= 11 is 0. The van der Waals surface area contributed by atoms with E-state index in [1.807, 2.05) is 0 Å². The van der Waals surface area contributed by atoms with Crippen molar-refractivity contribution in [2.75, 3.05) is 13.1 Å². The van der Waals surface area contributed by atoms with E-state index in [0.717, 1.165) is 30.8 Å². The number of unbranched alkanes of at least 4 members (excludes halogenated alkanes) is 6. The highest BCUT2D eigenvalue weighted by atomic mass is 14.5. The third kappa shape index (κ3) is 10.7. The van der Waals surface area contributed by atoms with Crippen LogP contribution in [-0.2, 0) is 0 Å². The highest BCUT2D eigenvalue weighted by Crippen LogP contribution is 2.30. The lowest BCUT2D eigenvalue weighted by molar-refractivity contribution is 0.236. The smallest absolute Gasteiger partial charge is 0.00773 e. The maximum Gasteiger partial charge on any atom is -0.00773 e. The lowest BCUT2D eigenvalue weighted by Gasteiger charge is -2.27. The predicted octanol–water partition coefficient (Wildman–Crippen LogP) is 4.71. The van der Waals surface area contributed by atoms with Gasteiger partial charge in [0.05, 0.1) is 0 Å². The van der Waals surface area contributed by atoms with Gasteiger partial charge in [-0.15, -0.1) is 0 Å². The van der Waals surface area contributed by atoms with Gasteiger partial charge in [-0.1, -0.05) is 72.1 Å². The Bertz CT molecular complexity index is 178. The fourth-order valence-electron chi connectivity index (χ4n) is 3.02. The first-order chi connectivity index (χ1) is 9.63. The van der Waals surface area contributed by atoms with Crippen LogP contribution >= 0.6 is 0 Å². The second kappa shape index (κ2) is 13.9. The van der Waals surface area contributed by atoms with Crippen molar-refractivity contribution in [1.82, 2.24) is 0 Å². The average molecular weight is 285 g/mol. The van der Waals surface area contributed by atoms with E-state index in [2.05, 4.69) is 20.8 Å². The van der Waals surface area contributed by atoms with Gasteiger partial charge < -0.3 is 11.5 Å². The first-order valence-electron chi connectivity index (χ1n) is 9.03. The summed E-state index contributed by atoms with van der Waals surface area (Å²) in [5, 5.41) is 0. The molecule has 1 unspecified atom stereocenters. The molecule has 0 saturated heterocycles. The molecule has 0 aliphatic carbocycles. The molecule has 0 radical (unpaired) electrons. The zero-order chi connectivity index (χ0) is 15.2. The van der Waals surface area contributed by atoms with Gasteiger partial charge >= 0.3 is 0 Å². The second-order valence-electron chi connectivity index (χ2n) is 6.85. The Morgan fingerprint density at radius 3 is 1.35 bits per heavy atom. The Morgan fingerprint density at radius 1 is 0.600 bits per heavy atom. The minimum Gasteiger partial charge on any atom is -0.330 e. The summed E-state index contributed by atoms with van der Waals surface area (Å²) < 4.78 is 0. The van der Waals surface area contributed by atoms with Gasteiger partial charge in [-0.2, -0.15) is 0 Å². The van der Waals surface area contributed by atoms with Crippen molar-refractivity contribution < 1.29 is 0 Å². The van der Waals surface area contributed by atoms with Crippen LogP contribution in [0.5, 0.6) is 0 Å². The number of hydrogen-bond donors (Lipinski definition) is 2. The van der Waals surface area contributed by atoms with Crippen LogP contribution in [0.25, 0.3) is 0 Å². The quantitative estimate of drug-likeness (QED) is 0.454. The largest absolute Gasteiger partial charge is 0.330 e. The lowest BCUT2D eigenvalue weighted by atomic mass is 9.79. The van der Waals surface area contributed by atoms with Gasteiger partial charge in [0.1, 0.15) is 0 Å². The van der Waals surface area contributed by atoms with Crippen LogP contribution in [0.15, 0.2) is 0 Å². The van der Waals surface area contributed by atoms with Crippen molar-refractivity contribution in [2.24, 2.45) is 29.2 Å². The third-order valence-electron chi connectivity index (χ3n) is 4.85. The molecule has 0 aromatic carbocycles. The van der Waals surface area contributed by atoms with Crippen LogP contribution in [0.1, 0.15) is 85.0 Å². The average Bonchev–Trinajstić information content (AvgIpc) is 2.43. The van der Waals surface area contributed by atoms with Gasteiger partial charge in [0, 0.05) is 0 Å². The predicted molar refractivity (Wildman–Crippen MR) is 91.8 cm³/mol. The molecule has 0 fully saturated rings. The number of rotatable bonds is 14. The molecule has 122 valence electrons. The summed E-state index contributed by atoms with van der Waals surface area (Å²) in [4.78, 5) is 0. The zero-order valence-electron chi connectivity index (χ0n) is 14.4. The second-order valence-corrected chi connectivity index (χ2v) is 6.85. The van der Waals surface area contributed by atoms with Crippen molar-refractivity contribution in [3.8, 4) is 0 Å². The summed E-state index contributed by atoms with van der Waals surface area (Å²) in [6.45, 7) is 8.91. The van der Waals surface area contributed by atoms with Gasteiger partial charge in [0.25, 0.3) is 0 Å². The van der Waals surface area contributed by atoms with Crippen molar-refractivity contribution in [2.45, 2.75) is 85.0 Å². The molecular formula is C18H40N2. The van der Waals surface area contributed by atoms with E-state index in [4.69, 9.17) is 11.5 Å². The Hall–Kier alpha value is -0.0800. The molecule has 0 aromatic heterocycles. The minimum absolute atomic E-state index is 0.813. The molecule has 0 bridgehead atoms. The van der Waals surface area contributed by atoms with Crippen LogP contribution in [-0.4, -0.2) is 13.1 Å². The summed E-state index contributed by atoms with van der Waals surface area (Å²) in [7, 11) is 0. The molecule has 0 spiro atoms. The fraction of sp³-hybridized carbons (Fsp3) is 1.00. The molecule has 2 heteroatoms. The molecule has 0 saturated carbocycles. The standard InChI is InChI=1S/C18H40N2/c1-16(2)17(3)18(12-8-4-6-10-14-19)13-9-5-7-11-15-20/h16-18H,4-15,19-20H2,1-3H3. The zero-order valence-corrected chi connectivity index (χ0v) is 14.4. The van der Waals surface area contributed by atoms with Crippen LogP contribution in [0.4, 0.5) is 0 Å². The Morgan fingerprint density at radius 2 is 1.00 bits per heavy atom. The van der Waals surface area contributed by atoms with E-state index < -0.39 is 0 Å². The fourth-order valence-corrected chi connectivity index (χ4v) is 3.02. The van der Waals surface area contributed by atoms with E-state index >= 15 is 0 Å². The summed E-state index contributed by atoms with van der Waals surface area (Å²) in [6.07, 6.45) is 13.4. The molecular weight excluding hydrogens is 244 g/mol. The van der Waals surface area contributed by atoms with E-state index in [1.165, 1.54) is 64.2 Å². The van der Waals surface area contributed by atoms with Crippen LogP contribution in [0.3, 0.4) is 0 Å². The summed E-state index contributed by atoms with van der Waals surface area (Å²) in [6, 6.07) is 0. The highest BCUT2D eigenvalue weighted by molar-refractivity contribution is 4.70. The van der Waals surface area contributed by atoms with Crippen molar-refractivity contribution >= 4 is 0 Å². The van der Waals surface area contributed by atoms with Crippen LogP contribution in [0.2, 0.25) is 0 Å². The van der Waals surface area contributed by atoms with Gasteiger partial charge in [-0.25, -0.2) is 0 Å². The summed E-state index contributed by atoms with van der Waals surface area (Å²) in [5.74, 6) is 2.60. The van der Waals surface area contributed by atoms with Crippen molar-refractivity contribution in [3.05, 3.63) is 0 Å². The Labute approximate surface area is 128 Å². The van der Waals surface area contributed by atoms with Crippen molar-refractivity contribution in [1.29, 1.82) is 0 Å². The normalized spacial score (nSPS) is 13.3. The van der Waals surface area contributed by atoms with Gasteiger partial charge in [-0.3, -0.25) is 0 Å². The highest BCUT2D eigenvalue weighted by Gasteiger charge is 2.19. The molecule has 4 N–H and O–H groups in total. The van der Waals surface area contributed by atoms with Gasteiger partial charge in [0.15, 0.2) is 0 Å². The van der Waals surface area contributed by atoms with Crippen molar-refractivity contribution in [3.63, 3.8) is 0 Å². The molecule has 0 amide bonds. The molecule has 0 heterocycles. The maximum absolute atomic E-state index is 5.56. The molecule has 0 aliphatic heterocycles. The van der Waals surface area contributed by atoms with Crippen LogP contribution < -0.4 is 11.5 Å². The summed E-state index contributed by atoms with van der Waals surface area (Å²) in [5.41, 5.74) is 11.1. The molecule has 20 heavy (non-hydrogen) atoms. The van der Waals surface area contributed by atoms with E-state index in [1.54, 1.807) is 0 Å². The Kier molecular flexibility index (Phi) is 13.8. The first-order valence-corrected chi connectivity index (χ1v) is 9.03. The molecule has 0 rings (SSSR count). The van der Waals surface area contributed by atoms with Crippen LogP contribution in [0, 0.1) is 17.8 Å². The number of hydrogen-bond acceptors (Lipinski definition) is 2. The SMILES string of the molecule is CC(C)C(C)C(CCCCCCN)CCCCCCN. The topological polar surface area (TPSA) is 52.0 Å². The molecule has 1 atom stereocenters. The minimum atomic E-state index is 0.813. The van der Waals surface area contributed by atoms with Gasteiger partial charge in [0.2, 0.25) is 0 Å². The van der Waals surface area contributed by atoms with E-state index in [-0.39, 0.29) is 0 Å². The first kappa shape index (κ1) is 19.9. The number of nitrogens with two attached hydrogens (primary N) is 2. The lowest BCUT2D eigenvalue weighted by Crippen LogP contribution is -2.17. The third-order valence-corrected chi connectivity index (χ3v) is 4.85. The molecule has 0 aromatic rings. The van der Waals surface area contributed by atoms with E-state index in [9.17, 15) is 0 Å². The van der Waals surface area contributed by atoms with E-state index in [0.29, 0.717) is 0 Å².